The van der Waals surface area contributed by atoms with Crippen LogP contribution in [0.1, 0.15) is 55.2 Å². The van der Waals surface area contributed by atoms with Gasteiger partial charge in [-0.3, -0.25) is 0 Å². The maximum absolute atomic E-state index is 9.12. The Labute approximate surface area is 185 Å². The highest BCUT2D eigenvalue weighted by Gasteiger charge is 2.26. The molecule has 1 heterocycles. The molecule has 4 heteroatoms. The maximum atomic E-state index is 9.12. The Hall–Kier alpha value is -2.44. The summed E-state index contributed by atoms with van der Waals surface area (Å²) in [6.07, 6.45) is 7.77. The number of nitrogens with zero attached hydrogens (tertiary/aromatic N) is 2. The number of hydrogen-bond donors (Lipinski definition) is 0. The minimum atomic E-state index is 0.273. The van der Waals surface area contributed by atoms with Crippen molar-refractivity contribution in [3.8, 4) is 11.8 Å². The number of benzene rings is 2. The van der Waals surface area contributed by atoms with Crippen LogP contribution >= 0.6 is 11.6 Å². The Kier molecular flexibility index (Phi) is 8.22. The van der Waals surface area contributed by atoms with Crippen molar-refractivity contribution in [3.63, 3.8) is 0 Å². The van der Waals surface area contributed by atoms with Gasteiger partial charge in [-0.1, -0.05) is 43.2 Å². The zero-order valence-corrected chi connectivity index (χ0v) is 18.6. The molecule has 0 N–H and O–H groups in total. The fourth-order valence-corrected chi connectivity index (χ4v) is 4.39. The number of rotatable bonds is 9. The number of halogens is 1. The third kappa shape index (κ3) is 5.58. The third-order valence-electron chi connectivity index (χ3n) is 5.68. The van der Waals surface area contributed by atoms with Crippen molar-refractivity contribution in [1.82, 2.24) is 0 Å². The van der Waals surface area contributed by atoms with Gasteiger partial charge in [0.2, 0.25) is 0 Å². The summed E-state index contributed by atoms with van der Waals surface area (Å²) in [5, 5.41) is 9.92. The highest BCUT2D eigenvalue weighted by molar-refractivity contribution is 6.30. The Balaban J connectivity index is 1.91. The van der Waals surface area contributed by atoms with Crippen molar-refractivity contribution in [2.45, 2.75) is 51.4 Å². The lowest BCUT2D eigenvalue weighted by molar-refractivity contribution is 0.299. The van der Waals surface area contributed by atoms with E-state index in [1.165, 1.54) is 11.1 Å². The topological polar surface area (TPSA) is 36.3 Å². The lowest BCUT2D eigenvalue weighted by atomic mass is 9.92. The zero-order chi connectivity index (χ0) is 21.3. The maximum Gasteiger partial charge on any atom is 0.142 e. The van der Waals surface area contributed by atoms with Crippen LogP contribution in [0, 0.1) is 11.3 Å². The monoisotopic (exact) mass is 422 g/mol. The van der Waals surface area contributed by atoms with Crippen molar-refractivity contribution < 1.29 is 4.74 Å². The van der Waals surface area contributed by atoms with E-state index in [0.717, 1.165) is 67.2 Å². The summed E-state index contributed by atoms with van der Waals surface area (Å²) < 4.78 is 6.30. The summed E-state index contributed by atoms with van der Waals surface area (Å²) in [6, 6.07) is 14.7. The molecule has 2 aromatic carbocycles. The average molecular weight is 423 g/mol. The predicted molar refractivity (Wildman–Crippen MR) is 126 cm³/mol. The molecule has 0 spiro atoms. The first-order valence-electron chi connectivity index (χ1n) is 10.9. The van der Waals surface area contributed by atoms with Crippen LogP contribution in [0.3, 0.4) is 0 Å². The predicted octanol–water partition coefficient (Wildman–Crippen LogP) is 6.70. The summed E-state index contributed by atoms with van der Waals surface area (Å²) in [5.74, 6) is 1.18. The number of aryl methyl sites for hydroxylation is 1. The summed E-state index contributed by atoms with van der Waals surface area (Å²) in [6.45, 7) is 8.55. The van der Waals surface area contributed by atoms with Gasteiger partial charge in [-0.05, 0) is 66.6 Å². The molecule has 158 valence electrons. The van der Waals surface area contributed by atoms with Gasteiger partial charge in [0.1, 0.15) is 5.75 Å². The Morgan fingerprint density at radius 1 is 1.27 bits per heavy atom. The van der Waals surface area contributed by atoms with Crippen LogP contribution < -0.4 is 9.64 Å². The van der Waals surface area contributed by atoms with E-state index in [-0.39, 0.29) is 5.92 Å². The second-order valence-corrected chi connectivity index (χ2v) is 8.40. The van der Waals surface area contributed by atoms with Gasteiger partial charge in [-0.15, -0.1) is 6.58 Å². The van der Waals surface area contributed by atoms with E-state index in [4.69, 9.17) is 21.6 Å². The standard InChI is InChI=1S/C26H31ClN2O/c1-3-5-6-7-15-29-18-22(24-11-10-23(27)17-21(24)8-4-2)19-30-26-12-9-20(13-14-28)16-25(26)29/h3,9-12,16-17,22H,1,4-8,13,15,18-19H2,2H3. The first-order chi connectivity index (χ1) is 14.7. The minimum Gasteiger partial charge on any atom is -0.491 e. The van der Waals surface area contributed by atoms with Gasteiger partial charge >= 0.3 is 0 Å². The van der Waals surface area contributed by atoms with Gasteiger partial charge in [-0.25, -0.2) is 0 Å². The van der Waals surface area contributed by atoms with E-state index in [0.29, 0.717) is 13.0 Å². The zero-order valence-electron chi connectivity index (χ0n) is 17.9. The summed E-state index contributed by atoms with van der Waals surface area (Å²) in [5.41, 5.74) is 4.80. The van der Waals surface area contributed by atoms with Gasteiger partial charge in [0.15, 0.2) is 0 Å². The largest absolute Gasteiger partial charge is 0.491 e. The van der Waals surface area contributed by atoms with E-state index in [2.05, 4.69) is 42.7 Å². The summed E-state index contributed by atoms with van der Waals surface area (Å²) >= 11 is 6.29. The molecule has 0 aromatic heterocycles. The van der Waals surface area contributed by atoms with E-state index in [1.54, 1.807) is 0 Å². The minimum absolute atomic E-state index is 0.273. The molecule has 1 atom stereocenters. The molecule has 0 saturated carbocycles. The van der Waals surface area contributed by atoms with Crippen LogP contribution in [0.25, 0.3) is 0 Å². The van der Waals surface area contributed by atoms with E-state index in [1.807, 2.05) is 24.3 Å². The number of allylic oxidation sites excluding steroid dienone is 1. The lowest BCUT2D eigenvalue weighted by Gasteiger charge is -2.28. The van der Waals surface area contributed by atoms with Crippen LogP contribution in [0.5, 0.6) is 5.75 Å². The number of nitriles is 1. The molecule has 30 heavy (non-hydrogen) atoms. The Bertz CT molecular complexity index is 902. The van der Waals surface area contributed by atoms with Crippen molar-refractivity contribution in [3.05, 3.63) is 70.8 Å². The molecule has 0 saturated heterocycles. The molecule has 0 amide bonds. The molecule has 1 aliphatic rings. The second-order valence-electron chi connectivity index (χ2n) is 7.97. The van der Waals surface area contributed by atoms with Crippen molar-refractivity contribution in [2.75, 3.05) is 24.6 Å². The molecular formula is C26H31ClN2O. The molecule has 0 bridgehead atoms. The fraction of sp³-hybridized carbons (Fsp3) is 0.423. The normalized spacial score (nSPS) is 15.6. The van der Waals surface area contributed by atoms with Crippen LogP contribution in [0.15, 0.2) is 49.1 Å². The third-order valence-corrected chi connectivity index (χ3v) is 5.91. The van der Waals surface area contributed by atoms with Crippen molar-refractivity contribution in [2.24, 2.45) is 0 Å². The second kappa shape index (κ2) is 11.1. The van der Waals surface area contributed by atoms with E-state index >= 15 is 0 Å². The lowest BCUT2D eigenvalue weighted by Crippen LogP contribution is -2.30. The highest BCUT2D eigenvalue weighted by Crippen LogP contribution is 2.37. The molecule has 3 nitrogen and oxygen atoms in total. The molecule has 1 aliphatic heterocycles. The molecule has 0 radical (unpaired) electrons. The van der Waals surface area contributed by atoms with Crippen LogP contribution in [0.4, 0.5) is 5.69 Å². The number of ether oxygens (including phenoxy) is 1. The van der Waals surface area contributed by atoms with Crippen LogP contribution in [-0.2, 0) is 12.8 Å². The molecule has 0 aliphatic carbocycles. The Morgan fingerprint density at radius 2 is 2.13 bits per heavy atom. The van der Waals surface area contributed by atoms with Gasteiger partial charge in [0.05, 0.1) is 24.8 Å². The molecule has 0 fully saturated rings. The van der Waals surface area contributed by atoms with Gasteiger partial charge in [0.25, 0.3) is 0 Å². The number of fused-ring (bicyclic) bond motifs is 1. The molecule has 1 unspecified atom stereocenters. The smallest absolute Gasteiger partial charge is 0.142 e. The van der Waals surface area contributed by atoms with Crippen molar-refractivity contribution >= 4 is 17.3 Å². The average Bonchev–Trinajstić information content (AvgIpc) is 2.91. The molecule has 2 aromatic rings. The number of hydrogen-bond acceptors (Lipinski definition) is 3. The Morgan fingerprint density at radius 3 is 2.90 bits per heavy atom. The fourth-order valence-electron chi connectivity index (χ4n) is 4.19. The molecular weight excluding hydrogens is 392 g/mol. The number of anilines is 1. The van der Waals surface area contributed by atoms with Gasteiger partial charge in [-0.2, -0.15) is 5.26 Å². The number of unbranched alkanes of at least 4 members (excludes halogenated alkanes) is 2. The van der Waals surface area contributed by atoms with E-state index in [9.17, 15) is 0 Å². The first kappa shape index (κ1) is 22.2. The quantitative estimate of drug-likeness (QED) is 0.333. The summed E-state index contributed by atoms with van der Waals surface area (Å²) in [4.78, 5) is 2.45. The van der Waals surface area contributed by atoms with Crippen LogP contribution in [0.2, 0.25) is 5.02 Å². The van der Waals surface area contributed by atoms with E-state index < -0.39 is 0 Å². The SMILES string of the molecule is C=CCCCCN1CC(c2ccc(Cl)cc2CCC)COc2ccc(CC#N)cc21. The van der Waals surface area contributed by atoms with Gasteiger partial charge < -0.3 is 9.64 Å². The first-order valence-corrected chi connectivity index (χ1v) is 11.3. The highest BCUT2D eigenvalue weighted by atomic mass is 35.5. The van der Waals surface area contributed by atoms with Gasteiger partial charge in [0, 0.05) is 24.0 Å². The molecule has 3 rings (SSSR count). The van der Waals surface area contributed by atoms with Crippen LogP contribution in [-0.4, -0.2) is 19.7 Å². The summed E-state index contributed by atoms with van der Waals surface area (Å²) in [7, 11) is 0. The van der Waals surface area contributed by atoms with Crippen molar-refractivity contribution in [1.29, 1.82) is 5.26 Å².